The minimum Gasteiger partial charge on any atom is -0.325 e. The van der Waals surface area contributed by atoms with E-state index in [9.17, 15) is 4.79 Å². The van der Waals surface area contributed by atoms with Crippen LogP contribution >= 0.6 is 11.5 Å². The van der Waals surface area contributed by atoms with Crippen LogP contribution in [0.2, 0.25) is 0 Å². The summed E-state index contributed by atoms with van der Waals surface area (Å²) in [6, 6.07) is 1.78. The highest BCUT2D eigenvalue weighted by Gasteiger charge is 2.30. The zero-order valence-electron chi connectivity index (χ0n) is 8.74. The van der Waals surface area contributed by atoms with Gasteiger partial charge in [0.05, 0.1) is 0 Å². The van der Waals surface area contributed by atoms with Crippen molar-refractivity contribution in [2.75, 3.05) is 0 Å². The first-order chi connectivity index (χ1) is 7.20. The molecule has 1 aromatic rings. The second kappa shape index (κ2) is 4.41. The fraction of sp³-hybridized carbons (Fsp3) is 0.636. The Morgan fingerprint density at radius 3 is 2.80 bits per heavy atom. The average molecular weight is 224 g/mol. The second-order valence-electron chi connectivity index (χ2n) is 4.41. The number of nitrogens with zero attached hydrogens (tertiary/aromatic N) is 1. The predicted molar refractivity (Wildman–Crippen MR) is 61.1 cm³/mol. The molecule has 4 heteroatoms. The number of hydrogen-bond acceptors (Lipinski definition) is 4. The van der Waals surface area contributed by atoms with E-state index in [0.29, 0.717) is 12.1 Å². The van der Waals surface area contributed by atoms with Crippen LogP contribution in [-0.4, -0.2) is 15.7 Å². The molecule has 15 heavy (non-hydrogen) atoms. The summed E-state index contributed by atoms with van der Waals surface area (Å²) in [6.07, 6.45) is 5.97. The van der Waals surface area contributed by atoms with Gasteiger partial charge in [0.1, 0.15) is 5.69 Å². The minimum absolute atomic E-state index is 0.0978. The van der Waals surface area contributed by atoms with Crippen LogP contribution in [0.1, 0.15) is 49.0 Å². The summed E-state index contributed by atoms with van der Waals surface area (Å²) in [4.78, 5) is 11.8. The molecule has 0 saturated heterocycles. The Hall–Kier alpha value is -0.740. The summed E-state index contributed by atoms with van der Waals surface area (Å²) in [7, 11) is 0. The van der Waals surface area contributed by atoms with Crippen LogP contribution in [0.15, 0.2) is 11.4 Å². The molecule has 1 aliphatic rings. The lowest BCUT2D eigenvalue weighted by Gasteiger charge is -2.32. The van der Waals surface area contributed by atoms with E-state index in [1.165, 1.54) is 18.0 Å². The van der Waals surface area contributed by atoms with Gasteiger partial charge in [-0.25, -0.2) is 0 Å². The number of rotatable bonds is 3. The maximum absolute atomic E-state index is 11.8. The number of aromatic nitrogens is 1. The molecule has 1 aliphatic carbocycles. The van der Waals surface area contributed by atoms with Crippen LogP contribution in [0, 0.1) is 0 Å². The van der Waals surface area contributed by atoms with Crippen molar-refractivity contribution in [1.82, 2.24) is 4.37 Å². The summed E-state index contributed by atoms with van der Waals surface area (Å²) in [5, 5.41) is 1.83. The first-order valence-corrected chi connectivity index (χ1v) is 6.26. The fourth-order valence-electron chi connectivity index (χ4n) is 2.20. The molecule has 0 bridgehead atoms. The number of nitrogens with two attached hydrogens (primary N) is 1. The molecule has 82 valence electrons. The number of carbonyl (C=O) groups is 1. The SMILES string of the molecule is NC1(CC(=O)c2ccsn2)CCCCC1. The molecule has 2 N–H and O–H groups in total. The van der Waals surface area contributed by atoms with E-state index in [2.05, 4.69) is 4.37 Å². The zero-order chi connectivity index (χ0) is 10.7. The Labute approximate surface area is 93.8 Å². The van der Waals surface area contributed by atoms with Gasteiger partial charge >= 0.3 is 0 Å². The summed E-state index contributed by atoms with van der Waals surface area (Å²) in [5.74, 6) is 0.0978. The molecule has 0 aliphatic heterocycles. The topological polar surface area (TPSA) is 56.0 Å². The monoisotopic (exact) mass is 224 g/mol. The quantitative estimate of drug-likeness (QED) is 0.802. The van der Waals surface area contributed by atoms with Gasteiger partial charge in [-0.1, -0.05) is 19.3 Å². The highest BCUT2D eigenvalue weighted by atomic mass is 32.1. The second-order valence-corrected chi connectivity index (χ2v) is 5.07. The van der Waals surface area contributed by atoms with Crippen LogP contribution in [-0.2, 0) is 0 Å². The molecule has 0 spiro atoms. The third-order valence-electron chi connectivity index (χ3n) is 3.09. The summed E-state index contributed by atoms with van der Waals surface area (Å²) in [6.45, 7) is 0. The fourth-order valence-corrected chi connectivity index (χ4v) is 2.73. The molecule has 0 aromatic carbocycles. The van der Waals surface area contributed by atoms with Gasteiger partial charge in [-0.15, -0.1) is 0 Å². The molecule has 3 nitrogen and oxygen atoms in total. The number of Topliss-reactive ketones (excluding diaryl/α,β-unsaturated/α-hetero) is 1. The van der Waals surface area contributed by atoms with Gasteiger partial charge in [0.15, 0.2) is 5.78 Å². The number of ketones is 1. The molecule has 0 amide bonds. The Morgan fingerprint density at radius 2 is 2.20 bits per heavy atom. The van der Waals surface area contributed by atoms with Gasteiger partial charge < -0.3 is 5.73 Å². The summed E-state index contributed by atoms with van der Waals surface area (Å²) >= 11 is 1.32. The Morgan fingerprint density at radius 1 is 1.47 bits per heavy atom. The van der Waals surface area contributed by atoms with E-state index < -0.39 is 0 Å². The van der Waals surface area contributed by atoms with E-state index in [1.807, 2.05) is 5.38 Å². The summed E-state index contributed by atoms with van der Waals surface area (Å²) in [5.41, 5.74) is 6.54. The van der Waals surface area contributed by atoms with Crippen molar-refractivity contribution in [2.24, 2.45) is 5.73 Å². The van der Waals surface area contributed by atoms with E-state index in [1.54, 1.807) is 6.07 Å². The molecule has 0 unspecified atom stereocenters. The lowest BCUT2D eigenvalue weighted by molar-refractivity contribution is 0.0931. The first kappa shape index (κ1) is 10.8. The van der Waals surface area contributed by atoms with Crippen molar-refractivity contribution in [3.05, 3.63) is 17.1 Å². The van der Waals surface area contributed by atoms with Crippen molar-refractivity contribution in [3.8, 4) is 0 Å². The first-order valence-electron chi connectivity index (χ1n) is 5.42. The van der Waals surface area contributed by atoms with Gasteiger partial charge in [-0.2, -0.15) is 4.37 Å². The smallest absolute Gasteiger partial charge is 0.184 e. The van der Waals surface area contributed by atoms with Gasteiger partial charge in [-0.3, -0.25) is 4.79 Å². The molecule has 1 saturated carbocycles. The van der Waals surface area contributed by atoms with Crippen molar-refractivity contribution >= 4 is 17.3 Å². The third kappa shape index (κ3) is 2.63. The molecule has 1 fully saturated rings. The van der Waals surface area contributed by atoms with Gasteiger partial charge in [0.25, 0.3) is 0 Å². The van der Waals surface area contributed by atoms with Gasteiger partial charge in [0.2, 0.25) is 0 Å². The van der Waals surface area contributed by atoms with E-state index in [4.69, 9.17) is 5.73 Å². The molecule has 0 radical (unpaired) electrons. The molecule has 0 atom stereocenters. The predicted octanol–water partition coefficient (Wildman–Crippen LogP) is 2.38. The highest BCUT2D eigenvalue weighted by Crippen LogP contribution is 2.29. The highest BCUT2D eigenvalue weighted by molar-refractivity contribution is 7.03. The minimum atomic E-state index is -0.265. The Balaban J connectivity index is 1.98. The summed E-state index contributed by atoms with van der Waals surface area (Å²) < 4.78 is 4.05. The van der Waals surface area contributed by atoms with Crippen LogP contribution < -0.4 is 5.73 Å². The molecular formula is C11H16N2OS. The van der Waals surface area contributed by atoms with Crippen molar-refractivity contribution < 1.29 is 4.79 Å². The lowest BCUT2D eigenvalue weighted by atomic mass is 9.79. The maximum Gasteiger partial charge on any atom is 0.184 e. The zero-order valence-corrected chi connectivity index (χ0v) is 9.55. The van der Waals surface area contributed by atoms with Crippen LogP contribution in [0.25, 0.3) is 0 Å². The standard InChI is InChI=1S/C11H16N2OS/c12-11(5-2-1-3-6-11)8-10(14)9-4-7-15-13-9/h4,7H,1-3,5-6,8,12H2. The van der Waals surface area contributed by atoms with Gasteiger partial charge in [0, 0.05) is 17.3 Å². The lowest BCUT2D eigenvalue weighted by Crippen LogP contribution is -2.43. The molecular weight excluding hydrogens is 208 g/mol. The third-order valence-corrected chi connectivity index (χ3v) is 3.65. The van der Waals surface area contributed by atoms with E-state index in [-0.39, 0.29) is 11.3 Å². The number of carbonyl (C=O) groups excluding carboxylic acids is 1. The van der Waals surface area contributed by atoms with E-state index in [0.717, 1.165) is 25.7 Å². The van der Waals surface area contributed by atoms with Crippen LogP contribution in [0.4, 0.5) is 0 Å². The van der Waals surface area contributed by atoms with Crippen LogP contribution in [0.5, 0.6) is 0 Å². The largest absolute Gasteiger partial charge is 0.325 e. The molecule has 2 rings (SSSR count). The van der Waals surface area contributed by atoms with Gasteiger partial charge in [-0.05, 0) is 30.4 Å². The Bertz CT molecular complexity index is 328. The maximum atomic E-state index is 11.8. The average Bonchev–Trinajstić information content (AvgIpc) is 2.70. The molecule has 1 aromatic heterocycles. The van der Waals surface area contributed by atoms with Crippen LogP contribution in [0.3, 0.4) is 0 Å². The van der Waals surface area contributed by atoms with E-state index >= 15 is 0 Å². The van der Waals surface area contributed by atoms with Crippen molar-refractivity contribution in [1.29, 1.82) is 0 Å². The Kier molecular flexibility index (Phi) is 3.17. The van der Waals surface area contributed by atoms with Crippen molar-refractivity contribution in [3.63, 3.8) is 0 Å². The molecule has 1 heterocycles. The van der Waals surface area contributed by atoms with Crippen molar-refractivity contribution in [2.45, 2.75) is 44.1 Å². The number of hydrogen-bond donors (Lipinski definition) is 1. The normalized spacial score (nSPS) is 20.1.